The molecule has 1 aromatic carbocycles. The first-order valence-corrected chi connectivity index (χ1v) is 4.57. The van der Waals surface area contributed by atoms with Crippen LogP contribution in [0.2, 0.25) is 0 Å². The molecule has 0 saturated carbocycles. The average Bonchev–Trinajstić information content (AvgIpc) is 2.80. The lowest BCUT2D eigenvalue weighted by Gasteiger charge is -2.12. The summed E-state index contributed by atoms with van der Waals surface area (Å²) in [5, 5.41) is 10.1. The van der Waals surface area contributed by atoms with Crippen LogP contribution in [0.15, 0.2) is 30.3 Å². The molecule has 1 aromatic heterocycles. The minimum absolute atomic E-state index is 0.468. The van der Waals surface area contributed by atoms with Gasteiger partial charge in [0, 0.05) is 0 Å². The van der Waals surface area contributed by atoms with Crippen molar-refractivity contribution in [1.82, 2.24) is 20.2 Å². The Labute approximate surface area is 89.9 Å². The minimum Gasteiger partial charge on any atom is -0.325 e. The number of rotatable bonds is 3. The molecule has 0 aliphatic heterocycles. The van der Waals surface area contributed by atoms with E-state index >= 15 is 0 Å². The summed E-state index contributed by atoms with van der Waals surface area (Å²) < 4.78 is 27.7. The minimum atomic E-state index is -3.24. The van der Waals surface area contributed by atoms with Gasteiger partial charge in [0.25, 0.3) is 0 Å². The molecule has 1 heterocycles. The Morgan fingerprint density at radius 2 is 1.94 bits per heavy atom. The molecule has 0 saturated heterocycles. The fourth-order valence-corrected chi connectivity index (χ4v) is 1.25. The topological polar surface area (TPSA) is 69.6 Å². The maximum Gasteiger partial charge on any atom is 0.320 e. The molecule has 0 bridgehead atoms. The smallest absolute Gasteiger partial charge is 0.320 e. The van der Waals surface area contributed by atoms with Gasteiger partial charge in [-0.3, -0.25) is 0 Å². The Morgan fingerprint density at radius 1 is 1.25 bits per heavy atom. The molecule has 0 atom stereocenters. The van der Waals surface area contributed by atoms with Crippen LogP contribution in [0.3, 0.4) is 0 Å². The number of tetrazole rings is 1. The number of hydrogen-bond donors (Lipinski definition) is 1. The summed E-state index contributed by atoms with van der Waals surface area (Å²) >= 11 is 0. The molecule has 84 valence electrons. The maximum atomic E-state index is 13.4. The third-order valence-corrected chi connectivity index (χ3v) is 2.05. The van der Waals surface area contributed by atoms with E-state index in [1.165, 1.54) is 0 Å². The molecule has 2 rings (SSSR count). The molecule has 0 amide bonds. The second-order valence-electron chi connectivity index (χ2n) is 3.16. The lowest BCUT2D eigenvalue weighted by molar-refractivity contribution is -0.00585. The van der Waals surface area contributed by atoms with Crippen molar-refractivity contribution in [1.29, 1.82) is 0 Å². The number of alkyl halides is 2. The summed E-state index contributed by atoms with van der Waals surface area (Å²) in [5.74, 6) is -3.79. The van der Waals surface area contributed by atoms with E-state index in [-0.39, 0.29) is 0 Å². The Morgan fingerprint density at radius 3 is 2.56 bits per heavy atom. The normalized spacial score (nSPS) is 11.7. The molecule has 0 aliphatic carbocycles. The van der Waals surface area contributed by atoms with Gasteiger partial charge < -0.3 is 5.73 Å². The third-order valence-electron chi connectivity index (χ3n) is 2.05. The fraction of sp³-hybridized carbons (Fsp3) is 0.222. The van der Waals surface area contributed by atoms with E-state index in [4.69, 9.17) is 5.73 Å². The predicted octanol–water partition coefficient (Wildman–Crippen LogP) is 0.713. The summed E-state index contributed by atoms with van der Waals surface area (Å²) in [6.45, 7) is -0.833. The highest BCUT2D eigenvalue weighted by atomic mass is 19.3. The Kier molecular flexibility index (Phi) is 2.61. The van der Waals surface area contributed by atoms with Crippen LogP contribution in [0.25, 0.3) is 5.69 Å². The van der Waals surface area contributed by atoms with Crippen LogP contribution in [0.4, 0.5) is 8.78 Å². The zero-order chi connectivity index (χ0) is 11.6. The standard InChI is InChI=1S/C9H9F2N5/c10-9(11,6-12)8-13-14-15-16(8)7-4-2-1-3-5-7/h1-5H,6,12H2. The second kappa shape index (κ2) is 3.93. The molecule has 0 fully saturated rings. The quantitative estimate of drug-likeness (QED) is 0.835. The van der Waals surface area contributed by atoms with Crippen molar-refractivity contribution < 1.29 is 8.78 Å². The van der Waals surface area contributed by atoms with Crippen LogP contribution in [-0.4, -0.2) is 26.8 Å². The zero-order valence-electron chi connectivity index (χ0n) is 8.22. The lowest BCUT2D eigenvalue weighted by atomic mass is 10.3. The number of benzene rings is 1. The van der Waals surface area contributed by atoms with Gasteiger partial charge in [-0.15, -0.1) is 5.10 Å². The Hall–Kier alpha value is -1.89. The first-order chi connectivity index (χ1) is 7.65. The fourth-order valence-electron chi connectivity index (χ4n) is 1.25. The number of nitrogens with two attached hydrogens (primary N) is 1. The SMILES string of the molecule is NCC(F)(F)c1nnnn1-c1ccccc1. The maximum absolute atomic E-state index is 13.4. The van der Waals surface area contributed by atoms with E-state index in [1.54, 1.807) is 30.3 Å². The van der Waals surface area contributed by atoms with Gasteiger partial charge in [0.1, 0.15) is 0 Å². The molecule has 16 heavy (non-hydrogen) atoms. The summed E-state index contributed by atoms with van der Waals surface area (Å²) in [6.07, 6.45) is 0. The van der Waals surface area contributed by atoms with E-state index in [2.05, 4.69) is 15.5 Å². The molecule has 2 N–H and O–H groups in total. The van der Waals surface area contributed by atoms with Crippen molar-refractivity contribution in [3.8, 4) is 5.69 Å². The molecule has 0 radical (unpaired) electrons. The van der Waals surface area contributed by atoms with Gasteiger partial charge in [-0.2, -0.15) is 13.5 Å². The number of hydrogen-bond acceptors (Lipinski definition) is 4. The number of halogens is 2. The molecular formula is C9H9F2N5. The van der Waals surface area contributed by atoms with E-state index in [1.807, 2.05) is 0 Å². The van der Waals surface area contributed by atoms with Gasteiger partial charge in [-0.25, -0.2) is 0 Å². The van der Waals surface area contributed by atoms with Gasteiger partial charge in [-0.1, -0.05) is 18.2 Å². The molecule has 0 aliphatic rings. The number of nitrogens with zero attached hydrogens (tertiary/aromatic N) is 4. The van der Waals surface area contributed by atoms with Gasteiger partial charge in [-0.05, 0) is 22.6 Å². The third kappa shape index (κ3) is 1.76. The van der Waals surface area contributed by atoms with Crippen LogP contribution >= 0.6 is 0 Å². The van der Waals surface area contributed by atoms with Crippen molar-refractivity contribution in [2.24, 2.45) is 5.73 Å². The first kappa shape index (κ1) is 10.6. The van der Waals surface area contributed by atoms with Gasteiger partial charge in [0.05, 0.1) is 12.2 Å². The largest absolute Gasteiger partial charge is 0.325 e. The summed E-state index contributed by atoms with van der Waals surface area (Å²) in [5.41, 5.74) is 5.45. The van der Waals surface area contributed by atoms with Gasteiger partial charge >= 0.3 is 5.92 Å². The highest BCUT2D eigenvalue weighted by Crippen LogP contribution is 2.25. The average molecular weight is 225 g/mol. The first-order valence-electron chi connectivity index (χ1n) is 4.57. The van der Waals surface area contributed by atoms with E-state index < -0.39 is 18.3 Å². The molecule has 0 spiro atoms. The molecular weight excluding hydrogens is 216 g/mol. The summed E-state index contributed by atoms with van der Waals surface area (Å²) in [4.78, 5) is 0. The Balaban J connectivity index is 2.49. The molecule has 0 unspecified atom stereocenters. The zero-order valence-corrected chi connectivity index (χ0v) is 8.22. The lowest BCUT2D eigenvalue weighted by Crippen LogP contribution is -2.29. The van der Waals surface area contributed by atoms with E-state index in [9.17, 15) is 8.78 Å². The predicted molar refractivity (Wildman–Crippen MR) is 52.1 cm³/mol. The van der Waals surface area contributed by atoms with Crippen molar-refractivity contribution in [3.63, 3.8) is 0 Å². The van der Waals surface area contributed by atoms with Crippen LogP contribution in [0.5, 0.6) is 0 Å². The van der Waals surface area contributed by atoms with Crippen molar-refractivity contribution in [3.05, 3.63) is 36.2 Å². The van der Waals surface area contributed by atoms with Crippen molar-refractivity contribution in [2.45, 2.75) is 5.92 Å². The monoisotopic (exact) mass is 225 g/mol. The highest BCUT2D eigenvalue weighted by molar-refractivity contribution is 5.31. The number of para-hydroxylation sites is 1. The van der Waals surface area contributed by atoms with Gasteiger partial charge in [0.15, 0.2) is 0 Å². The highest BCUT2D eigenvalue weighted by Gasteiger charge is 2.36. The van der Waals surface area contributed by atoms with Crippen LogP contribution < -0.4 is 5.73 Å². The van der Waals surface area contributed by atoms with Crippen molar-refractivity contribution in [2.75, 3.05) is 6.54 Å². The van der Waals surface area contributed by atoms with Gasteiger partial charge in [0.2, 0.25) is 5.82 Å². The molecule has 5 nitrogen and oxygen atoms in total. The molecule has 2 aromatic rings. The second-order valence-corrected chi connectivity index (χ2v) is 3.16. The Bertz CT molecular complexity index is 468. The van der Waals surface area contributed by atoms with Crippen molar-refractivity contribution >= 4 is 0 Å². The summed E-state index contributed by atoms with van der Waals surface area (Å²) in [6, 6.07) is 8.45. The summed E-state index contributed by atoms with van der Waals surface area (Å²) in [7, 11) is 0. The van der Waals surface area contributed by atoms with Crippen LogP contribution in [-0.2, 0) is 5.92 Å². The molecule has 7 heteroatoms. The van der Waals surface area contributed by atoms with E-state index in [0.29, 0.717) is 5.69 Å². The van der Waals surface area contributed by atoms with E-state index in [0.717, 1.165) is 4.68 Å². The number of aromatic nitrogens is 4. The van der Waals surface area contributed by atoms with Crippen LogP contribution in [0.1, 0.15) is 5.82 Å². The van der Waals surface area contributed by atoms with Crippen LogP contribution in [0, 0.1) is 0 Å².